The molecule has 0 aromatic heterocycles. The van der Waals surface area contributed by atoms with E-state index < -0.39 is 0 Å². The Kier molecular flexibility index (Phi) is 6.79. The summed E-state index contributed by atoms with van der Waals surface area (Å²) in [6.45, 7) is 2.48. The Balaban J connectivity index is 1.20. The first-order valence-corrected chi connectivity index (χ1v) is 12.1. The quantitative estimate of drug-likeness (QED) is 0.728. The number of rotatable bonds is 4. The van der Waals surface area contributed by atoms with E-state index >= 15 is 0 Å². The van der Waals surface area contributed by atoms with Gasteiger partial charge in [-0.2, -0.15) is 0 Å². The van der Waals surface area contributed by atoms with Crippen LogP contribution in [0.5, 0.6) is 0 Å². The van der Waals surface area contributed by atoms with Crippen LogP contribution < -0.4 is 5.32 Å². The van der Waals surface area contributed by atoms with Gasteiger partial charge in [0, 0.05) is 38.1 Å². The van der Waals surface area contributed by atoms with Crippen molar-refractivity contribution < 1.29 is 9.59 Å². The van der Waals surface area contributed by atoms with Crippen LogP contribution in [0.4, 0.5) is 4.79 Å². The SMILES string of the molecule is O=C(CCCNC(=O)N1CCCC2CCCCC21)N1CCCC2CCCCC21. The normalized spacial score (nSPS) is 33.0. The molecule has 0 bridgehead atoms. The van der Waals surface area contributed by atoms with E-state index in [9.17, 15) is 9.59 Å². The maximum absolute atomic E-state index is 12.8. The first kappa shape index (κ1) is 20.0. The fraction of sp³-hybridized carbons (Fsp3) is 0.913. The number of hydrogen-bond acceptors (Lipinski definition) is 2. The van der Waals surface area contributed by atoms with Crippen LogP contribution in [-0.4, -0.2) is 53.5 Å². The molecule has 0 spiro atoms. The highest BCUT2D eigenvalue weighted by Crippen LogP contribution is 2.36. The van der Waals surface area contributed by atoms with Crippen molar-refractivity contribution in [2.24, 2.45) is 11.8 Å². The minimum absolute atomic E-state index is 0.106. The van der Waals surface area contributed by atoms with Crippen LogP contribution in [0.2, 0.25) is 0 Å². The van der Waals surface area contributed by atoms with Crippen LogP contribution in [0.25, 0.3) is 0 Å². The van der Waals surface area contributed by atoms with Gasteiger partial charge in [0.15, 0.2) is 0 Å². The van der Waals surface area contributed by atoms with Crippen molar-refractivity contribution >= 4 is 11.9 Å². The summed E-state index contributed by atoms with van der Waals surface area (Å²) in [5, 5.41) is 3.12. The molecule has 2 saturated carbocycles. The molecule has 2 aliphatic heterocycles. The molecule has 3 amide bonds. The van der Waals surface area contributed by atoms with Crippen LogP contribution in [0, 0.1) is 11.8 Å². The van der Waals surface area contributed by atoms with Crippen LogP contribution in [0.3, 0.4) is 0 Å². The van der Waals surface area contributed by atoms with Crippen molar-refractivity contribution in [2.45, 2.75) is 102 Å². The lowest BCUT2D eigenvalue weighted by Gasteiger charge is -2.44. The number of nitrogens with one attached hydrogen (secondary N) is 1. The summed E-state index contributed by atoms with van der Waals surface area (Å²) < 4.78 is 0. The maximum atomic E-state index is 12.8. The van der Waals surface area contributed by atoms with Crippen LogP contribution >= 0.6 is 0 Å². The lowest BCUT2D eigenvalue weighted by molar-refractivity contribution is -0.137. The molecule has 2 saturated heterocycles. The van der Waals surface area contributed by atoms with Crippen LogP contribution in [0.15, 0.2) is 0 Å². The average Bonchev–Trinajstić information content (AvgIpc) is 2.75. The zero-order valence-corrected chi connectivity index (χ0v) is 17.5. The summed E-state index contributed by atoms with van der Waals surface area (Å²) in [7, 11) is 0. The van der Waals surface area contributed by atoms with E-state index in [4.69, 9.17) is 0 Å². The highest BCUT2D eigenvalue weighted by molar-refractivity contribution is 5.77. The Labute approximate surface area is 170 Å². The third kappa shape index (κ3) is 4.49. The smallest absolute Gasteiger partial charge is 0.317 e. The third-order valence-electron chi connectivity index (χ3n) is 7.91. The molecule has 2 heterocycles. The highest BCUT2D eigenvalue weighted by Gasteiger charge is 2.36. The van der Waals surface area contributed by atoms with Crippen LogP contribution in [-0.2, 0) is 4.79 Å². The minimum Gasteiger partial charge on any atom is -0.339 e. The summed E-state index contributed by atoms with van der Waals surface area (Å²) in [4.78, 5) is 29.8. The summed E-state index contributed by atoms with van der Waals surface area (Å²) in [5.74, 6) is 1.78. The predicted octanol–water partition coefficient (Wildman–Crippen LogP) is 4.31. The standard InChI is InChI=1S/C23H39N3O2/c27-22(25-16-6-10-18-8-1-3-12-20(18)25)14-5-15-24-23(28)26-17-7-11-19-9-2-4-13-21(19)26/h18-21H,1-17H2,(H,24,28). The zero-order valence-electron chi connectivity index (χ0n) is 17.5. The molecule has 5 heteroatoms. The molecule has 4 aliphatic rings. The molecule has 4 atom stereocenters. The second kappa shape index (κ2) is 9.49. The predicted molar refractivity (Wildman–Crippen MR) is 111 cm³/mol. The molecule has 5 nitrogen and oxygen atoms in total. The Morgan fingerprint density at radius 1 is 0.714 bits per heavy atom. The number of nitrogens with zero attached hydrogens (tertiary/aromatic N) is 2. The number of piperidine rings is 2. The molecule has 28 heavy (non-hydrogen) atoms. The second-order valence-electron chi connectivity index (χ2n) is 9.62. The maximum Gasteiger partial charge on any atom is 0.317 e. The summed E-state index contributed by atoms with van der Waals surface area (Å²) >= 11 is 0. The van der Waals surface area contributed by atoms with Crippen molar-refractivity contribution in [3.05, 3.63) is 0 Å². The second-order valence-corrected chi connectivity index (χ2v) is 9.62. The fourth-order valence-electron chi connectivity index (χ4n) is 6.49. The number of fused-ring (bicyclic) bond motifs is 2. The third-order valence-corrected chi connectivity index (χ3v) is 7.91. The Hall–Kier alpha value is -1.26. The molecule has 4 unspecified atom stereocenters. The van der Waals surface area contributed by atoms with Gasteiger partial charge in [-0.15, -0.1) is 0 Å². The van der Waals surface area contributed by atoms with E-state index in [0.29, 0.717) is 31.0 Å². The number of likely N-dealkylation sites (tertiary alicyclic amines) is 2. The lowest BCUT2D eigenvalue weighted by atomic mass is 9.78. The van der Waals surface area contributed by atoms with Crippen molar-refractivity contribution in [3.8, 4) is 0 Å². The number of amides is 3. The van der Waals surface area contributed by atoms with Gasteiger partial charge >= 0.3 is 6.03 Å². The average molecular weight is 390 g/mol. The van der Waals surface area contributed by atoms with Gasteiger partial charge in [-0.1, -0.05) is 25.7 Å². The molecule has 158 valence electrons. The van der Waals surface area contributed by atoms with Crippen LogP contribution in [0.1, 0.15) is 89.9 Å². The monoisotopic (exact) mass is 389 g/mol. The van der Waals surface area contributed by atoms with Gasteiger partial charge in [-0.25, -0.2) is 4.79 Å². The number of carbonyl (C=O) groups excluding carboxylic acids is 2. The zero-order chi connectivity index (χ0) is 19.3. The largest absolute Gasteiger partial charge is 0.339 e. The van der Waals surface area contributed by atoms with Crippen molar-refractivity contribution in [2.75, 3.05) is 19.6 Å². The molecule has 1 N–H and O–H groups in total. The van der Waals surface area contributed by atoms with E-state index in [1.165, 1.54) is 70.6 Å². The number of hydrogen-bond donors (Lipinski definition) is 1. The first-order chi connectivity index (χ1) is 13.7. The first-order valence-electron chi connectivity index (χ1n) is 12.1. The molecule has 2 aliphatic carbocycles. The number of carbonyl (C=O) groups is 2. The van der Waals surface area contributed by atoms with Gasteiger partial charge in [-0.05, 0) is 69.6 Å². The van der Waals surface area contributed by atoms with Crippen molar-refractivity contribution in [1.82, 2.24) is 15.1 Å². The lowest BCUT2D eigenvalue weighted by Crippen LogP contribution is -2.53. The summed E-state index contributed by atoms with van der Waals surface area (Å²) in [6.07, 6.45) is 16.4. The molecule has 0 radical (unpaired) electrons. The summed E-state index contributed by atoms with van der Waals surface area (Å²) in [5.41, 5.74) is 0. The Bertz CT molecular complexity index is 500. The molecule has 4 fully saturated rings. The van der Waals surface area contributed by atoms with Crippen molar-refractivity contribution in [3.63, 3.8) is 0 Å². The Morgan fingerprint density at radius 3 is 1.93 bits per heavy atom. The molecular weight excluding hydrogens is 350 g/mol. The van der Waals surface area contributed by atoms with E-state index in [0.717, 1.165) is 37.8 Å². The molecule has 0 aromatic carbocycles. The van der Waals surface area contributed by atoms with E-state index in [-0.39, 0.29) is 6.03 Å². The molecule has 0 aromatic rings. The Morgan fingerprint density at radius 2 is 1.25 bits per heavy atom. The van der Waals surface area contributed by atoms with E-state index in [2.05, 4.69) is 15.1 Å². The topological polar surface area (TPSA) is 52.7 Å². The van der Waals surface area contributed by atoms with E-state index in [1.807, 2.05) is 0 Å². The van der Waals surface area contributed by atoms with Gasteiger partial charge in [0.1, 0.15) is 0 Å². The molecular formula is C23H39N3O2. The highest BCUT2D eigenvalue weighted by atomic mass is 16.2. The van der Waals surface area contributed by atoms with E-state index in [1.54, 1.807) is 0 Å². The van der Waals surface area contributed by atoms with Gasteiger partial charge < -0.3 is 15.1 Å². The summed E-state index contributed by atoms with van der Waals surface area (Å²) in [6, 6.07) is 1.07. The fourth-order valence-corrected chi connectivity index (χ4v) is 6.49. The van der Waals surface area contributed by atoms with Gasteiger partial charge in [0.25, 0.3) is 0 Å². The molecule has 4 rings (SSSR count). The van der Waals surface area contributed by atoms with Crippen molar-refractivity contribution in [1.29, 1.82) is 0 Å². The minimum atomic E-state index is 0.106. The van der Waals surface area contributed by atoms with Gasteiger partial charge in [0.2, 0.25) is 5.91 Å². The number of urea groups is 1. The van der Waals surface area contributed by atoms with Gasteiger partial charge in [-0.3, -0.25) is 4.79 Å². The van der Waals surface area contributed by atoms with Gasteiger partial charge in [0.05, 0.1) is 0 Å².